The van der Waals surface area contributed by atoms with Crippen LogP contribution in [-0.4, -0.2) is 44.9 Å². The van der Waals surface area contributed by atoms with E-state index < -0.39 is 0 Å². The van der Waals surface area contributed by atoms with E-state index in [1.807, 2.05) is 43.0 Å². The summed E-state index contributed by atoms with van der Waals surface area (Å²) in [6, 6.07) is 8.12. The average molecular weight is 327 g/mol. The largest absolute Gasteiger partial charge is 0.337 e. The van der Waals surface area contributed by atoms with Crippen LogP contribution < -0.4 is 5.73 Å². The summed E-state index contributed by atoms with van der Waals surface area (Å²) in [7, 11) is 0. The topological polar surface area (TPSA) is 77.0 Å². The fourth-order valence-corrected chi connectivity index (χ4v) is 3.15. The molecule has 1 atom stereocenters. The predicted molar refractivity (Wildman–Crippen MR) is 93.1 cm³/mol. The van der Waals surface area contributed by atoms with Gasteiger partial charge in [-0.25, -0.2) is 4.68 Å². The quantitative estimate of drug-likeness (QED) is 0.916. The van der Waals surface area contributed by atoms with Gasteiger partial charge < -0.3 is 10.6 Å². The van der Waals surface area contributed by atoms with Crippen molar-refractivity contribution >= 4 is 5.91 Å². The number of carbonyl (C=O) groups excluding carboxylic acids is 1. The van der Waals surface area contributed by atoms with E-state index in [1.54, 1.807) is 4.68 Å². The van der Waals surface area contributed by atoms with Crippen LogP contribution in [0, 0.1) is 19.3 Å². The molecule has 1 aromatic carbocycles. The molecule has 2 aromatic rings. The van der Waals surface area contributed by atoms with Gasteiger partial charge in [-0.15, -0.1) is 5.10 Å². The standard InChI is InChI=1S/C18H25N5O/c1-12-5-7-14(8-6-12)23-13(2)16(20-21-23)17(24)22-10-9-15(19)18(3,4)11-22/h5-8,15H,9-11,19H2,1-4H3. The molecule has 3 rings (SSSR count). The fourth-order valence-electron chi connectivity index (χ4n) is 3.15. The van der Waals surface area contributed by atoms with E-state index in [2.05, 4.69) is 24.2 Å². The molecule has 1 aliphatic heterocycles. The number of likely N-dealkylation sites (tertiary alicyclic amines) is 1. The van der Waals surface area contributed by atoms with Gasteiger partial charge >= 0.3 is 0 Å². The van der Waals surface area contributed by atoms with Gasteiger partial charge in [0.15, 0.2) is 5.69 Å². The lowest BCUT2D eigenvalue weighted by Crippen LogP contribution is -2.54. The van der Waals surface area contributed by atoms with Crippen LogP contribution in [0.4, 0.5) is 0 Å². The predicted octanol–water partition coefficient (Wildman–Crippen LogP) is 2.08. The van der Waals surface area contributed by atoms with Crippen molar-refractivity contribution in [2.75, 3.05) is 13.1 Å². The molecule has 6 nitrogen and oxygen atoms in total. The molecule has 0 spiro atoms. The molecule has 1 aromatic heterocycles. The maximum atomic E-state index is 12.9. The third-order valence-corrected chi connectivity index (χ3v) is 4.98. The van der Waals surface area contributed by atoms with Gasteiger partial charge in [0.25, 0.3) is 5.91 Å². The smallest absolute Gasteiger partial charge is 0.276 e. The van der Waals surface area contributed by atoms with Crippen molar-refractivity contribution in [3.8, 4) is 5.69 Å². The Bertz CT molecular complexity index is 747. The summed E-state index contributed by atoms with van der Waals surface area (Å²) in [5.41, 5.74) is 9.34. The second kappa shape index (κ2) is 6.02. The van der Waals surface area contributed by atoms with Crippen LogP contribution in [0.3, 0.4) is 0 Å². The van der Waals surface area contributed by atoms with Crippen molar-refractivity contribution in [1.29, 1.82) is 0 Å². The number of amides is 1. The molecule has 1 saturated heterocycles. The highest BCUT2D eigenvalue weighted by atomic mass is 16.2. The monoisotopic (exact) mass is 327 g/mol. The van der Waals surface area contributed by atoms with Gasteiger partial charge in [-0.3, -0.25) is 4.79 Å². The average Bonchev–Trinajstić information content (AvgIpc) is 2.92. The Balaban J connectivity index is 1.85. The van der Waals surface area contributed by atoms with Crippen LogP contribution in [0.2, 0.25) is 0 Å². The third-order valence-electron chi connectivity index (χ3n) is 4.98. The van der Waals surface area contributed by atoms with Crippen molar-refractivity contribution in [3.63, 3.8) is 0 Å². The molecule has 0 bridgehead atoms. The lowest BCUT2D eigenvalue weighted by Gasteiger charge is -2.42. The van der Waals surface area contributed by atoms with Crippen molar-refractivity contribution in [1.82, 2.24) is 19.9 Å². The summed E-state index contributed by atoms with van der Waals surface area (Å²) in [6.07, 6.45) is 0.809. The lowest BCUT2D eigenvalue weighted by molar-refractivity contribution is 0.0526. The van der Waals surface area contributed by atoms with Crippen molar-refractivity contribution in [3.05, 3.63) is 41.2 Å². The molecule has 2 N–H and O–H groups in total. The number of nitrogens with two attached hydrogens (primary N) is 1. The Morgan fingerprint density at radius 1 is 1.25 bits per heavy atom. The number of piperidine rings is 1. The van der Waals surface area contributed by atoms with Gasteiger partial charge in [0, 0.05) is 19.1 Å². The Labute approximate surface area is 142 Å². The Morgan fingerprint density at radius 2 is 1.92 bits per heavy atom. The summed E-state index contributed by atoms with van der Waals surface area (Å²) in [5.74, 6) is -0.0640. The van der Waals surface area contributed by atoms with Gasteiger partial charge in [0.05, 0.1) is 11.4 Å². The Morgan fingerprint density at radius 3 is 2.54 bits per heavy atom. The van der Waals surface area contributed by atoms with E-state index >= 15 is 0 Å². The third kappa shape index (κ3) is 2.94. The summed E-state index contributed by atoms with van der Waals surface area (Å²) in [6.45, 7) is 9.44. The van der Waals surface area contributed by atoms with Gasteiger partial charge in [-0.05, 0) is 37.8 Å². The highest BCUT2D eigenvalue weighted by Crippen LogP contribution is 2.28. The van der Waals surface area contributed by atoms with Crippen LogP contribution >= 0.6 is 0 Å². The van der Waals surface area contributed by atoms with Crippen LogP contribution in [0.1, 0.15) is 42.0 Å². The van der Waals surface area contributed by atoms with E-state index in [1.165, 1.54) is 5.56 Å². The summed E-state index contributed by atoms with van der Waals surface area (Å²) in [5, 5.41) is 8.32. The number of benzene rings is 1. The van der Waals surface area contributed by atoms with Crippen molar-refractivity contribution < 1.29 is 4.79 Å². The molecule has 1 amide bonds. The number of nitrogens with zero attached hydrogens (tertiary/aromatic N) is 4. The molecular formula is C18H25N5O. The van der Waals surface area contributed by atoms with Crippen LogP contribution in [0.25, 0.3) is 5.69 Å². The zero-order valence-corrected chi connectivity index (χ0v) is 14.8. The zero-order valence-electron chi connectivity index (χ0n) is 14.8. The molecule has 1 aliphatic rings. The molecule has 128 valence electrons. The van der Waals surface area contributed by atoms with Gasteiger partial charge in [-0.2, -0.15) is 0 Å². The number of aromatic nitrogens is 3. The van der Waals surface area contributed by atoms with Gasteiger partial charge in [0.1, 0.15) is 0 Å². The minimum absolute atomic E-state index is 0.0640. The van der Waals surface area contributed by atoms with Crippen LogP contribution in [0.15, 0.2) is 24.3 Å². The minimum Gasteiger partial charge on any atom is -0.337 e. The SMILES string of the molecule is Cc1ccc(-n2nnc(C(=O)N3CCC(N)C(C)(C)C3)c2C)cc1. The normalized spacial score (nSPS) is 20.2. The maximum absolute atomic E-state index is 12.9. The summed E-state index contributed by atoms with van der Waals surface area (Å²) >= 11 is 0. The maximum Gasteiger partial charge on any atom is 0.276 e. The minimum atomic E-state index is -0.0885. The summed E-state index contributed by atoms with van der Waals surface area (Å²) < 4.78 is 1.72. The van der Waals surface area contributed by atoms with E-state index in [9.17, 15) is 4.79 Å². The molecule has 6 heteroatoms. The molecule has 2 heterocycles. The number of rotatable bonds is 2. The first-order valence-corrected chi connectivity index (χ1v) is 8.34. The second-order valence-corrected chi connectivity index (χ2v) is 7.38. The van der Waals surface area contributed by atoms with E-state index in [4.69, 9.17) is 5.73 Å². The second-order valence-electron chi connectivity index (χ2n) is 7.38. The highest BCUT2D eigenvalue weighted by molar-refractivity contribution is 5.93. The first-order valence-electron chi connectivity index (χ1n) is 8.34. The lowest BCUT2D eigenvalue weighted by atomic mass is 9.79. The molecule has 1 fully saturated rings. The summed E-state index contributed by atoms with van der Waals surface area (Å²) in [4.78, 5) is 14.7. The number of aryl methyl sites for hydroxylation is 1. The number of carbonyl (C=O) groups is 1. The fraction of sp³-hybridized carbons (Fsp3) is 0.500. The van der Waals surface area contributed by atoms with Crippen LogP contribution in [0.5, 0.6) is 0 Å². The van der Waals surface area contributed by atoms with Gasteiger partial charge in [-0.1, -0.05) is 36.8 Å². The van der Waals surface area contributed by atoms with E-state index in [0.717, 1.165) is 17.8 Å². The molecule has 0 aliphatic carbocycles. The van der Waals surface area contributed by atoms with Crippen molar-refractivity contribution in [2.45, 2.75) is 40.2 Å². The van der Waals surface area contributed by atoms with Crippen molar-refractivity contribution in [2.24, 2.45) is 11.1 Å². The van der Waals surface area contributed by atoms with Crippen LogP contribution in [-0.2, 0) is 0 Å². The first kappa shape index (κ1) is 16.6. The molecule has 24 heavy (non-hydrogen) atoms. The number of hydrogen-bond donors (Lipinski definition) is 1. The molecular weight excluding hydrogens is 302 g/mol. The highest BCUT2D eigenvalue weighted by Gasteiger charge is 2.36. The van der Waals surface area contributed by atoms with Gasteiger partial charge in [0.2, 0.25) is 0 Å². The van der Waals surface area contributed by atoms with E-state index in [-0.39, 0.29) is 17.4 Å². The zero-order chi connectivity index (χ0) is 17.5. The number of hydrogen-bond acceptors (Lipinski definition) is 4. The Kier molecular flexibility index (Phi) is 4.17. The van der Waals surface area contributed by atoms with E-state index in [0.29, 0.717) is 18.8 Å². The Hall–Kier alpha value is -2.21. The molecule has 1 unspecified atom stereocenters. The molecule has 0 saturated carbocycles. The molecule has 0 radical (unpaired) electrons. The first-order chi connectivity index (χ1) is 11.3.